The van der Waals surface area contributed by atoms with Gasteiger partial charge in [-0.3, -0.25) is 4.79 Å². The van der Waals surface area contributed by atoms with E-state index < -0.39 is 12.0 Å². The molecule has 1 atom stereocenters. The van der Waals surface area contributed by atoms with Crippen molar-refractivity contribution in [1.29, 1.82) is 0 Å². The van der Waals surface area contributed by atoms with E-state index in [1.54, 1.807) is 0 Å². The summed E-state index contributed by atoms with van der Waals surface area (Å²) in [7, 11) is 0. The second kappa shape index (κ2) is 5.29. The van der Waals surface area contributed by atoms with Crippen molar-refractivity contribution in [2.75, 3.05) is 6.54 Å². The van der Waals surface area contributed by atoms with Gasteiger partial charge in [-0.2, -0.15) is 0 Å². The first-order valence-corrected chi connectivity index (χ1v) is 7.29. The van der Waals surface area contributed by atoms with Crippen LogP contribution in [-0.2, 0) is 17.6 Å². The van der Waals surface area contributed by atoms with Crippen LogP contribution in [0.15, 0.2) is 18.3 Å². The standard InChI is InChI=1S/C16H20N2O2/c1-2-17-15(16(19)20)13-9-18-14-8-11-6-4-3-5-10(11)7-12(13)14/h7-9,15,17-18H,2-6H2,1H3,(H,19,20). The average Bonchev–Trinajstić information content (AvgIpc) is 2.84. The van der Waals surface area contributed by atoms with E-state index >= 15 is 0 Å². The van der Waals surface area contributed by atoms with Crippen LogP contribution < -0.4 is 5.32 Å². The van der Waals surface area contributed by atoms with Crippen molar-refractivity contribution in [1.82, 2.24) is 10.3 Å². The van der Waals surface area contributed by atoms with Crippen LogP contribution >= 0.6 is 0 Å². The smallest absolute Gasteiger partial charge is 0.325 e. The molecule has 1 aliphatic carbocycles. The molecule has 1 aromatic carbocycles. The molecule has 106 valence electrons. The minimum absolute atomic E-state index is 0.634. The highest BCUT2D eigenvalue weighted by molar-refractivity contribution is 5.90. The predicted octanol–water partition coefficient (Wildman–Crippen LogP) is 2.78. The maximum atomic E-state index is 11.4. The summed E-state index contributed by atoms with van der Waals surface area (Å²) in [5.74, 6) is -0.828. The molecule has 0 amide bonds. The summed E-state index contributed by atoms with van der Waals surface area (Å²) >= 11 is 0. The van der Waals surface area contributed by atoms with E-state index in [0.717, 1.165) is 29.3 Å². The Morgan fingerprint density at radius 1 is 1.35 bits per heavy atom. The number of nitrogens with one attached hydrogen (secondary N) is 2. The lowest BCUT2D eigenvalue weighted by Gasteiger charge is -2.17. The Morgan fingerprint density at radius 2 is 2.05 bits per heavy atom. The number of fused-ring (bicyclic) bond motifs is 2. The molecule has 1 aliphatic rings. The SMILES string of the molecule is CCNC(C(=O)O)c1c[nH]c2cc3c(cc12)CCCC3. The summed E-state index contributed by atoms with van der Waals surface area (Å²) in [5.41, 5.74) is 4.67. The molecule has 0 aliphatic heterocycles. The van der Waals surface area contributed by atoms with Gasteiger partial charge in [-0.25, -0.2) is 0 Å². The maximum absolute atomic E-state index is 11.4. The molecule has 0 fully saturated rings. The van der Waals surface area contributed by atoms with Gasteiger partial charge in [0, 0.05) is 22.7 Å². The highest BCUT2D eigenvalue weighted by Gasteiger charge is 2.23. The molecular formula is C16H20N2O2. The van der Waals surface area contributed by atoms with E-state index in [1.165, 1.54) is 24.0 Å². The second-order valence-electron chi connectivity index (χ2n) is 5.45. The molecule has 1 unspecified atom stereocenters. The largest absolute Gasteiger partial charge is 0.480 e. The minimum atomic E-state index is -0.828. The van der Waals surface area contributed by atoms with Gasteiger partial charge in [-0.15, -0.1) is 0 Å². The number of aromatic amines is 1. The third kappa shape index (κ3) is 2.20. The van der Waals surface area contributed by atoms with Crippen LogP contribution in [0.3, 0.4) is 0 Å². The Balaban J connectivity index is 2.10. The predicted molar refractivity (Wildman–Crippen MR) is 79.0 cm³/mol. The molecule has 0 saturated carbocycles. The number of benzene rings is 1. The van der Waals surface area contributed by atoms with E-state index in [4.69, 9.17) is 0 Å². The highest BCUT2D eigenvalue weighted by Crippen LogP contribution is 2.30. The van der Waals surface area contributed by atoms with Crippen LogP contribution in [0, 0.1) is 0 Å². The fraction of sp³-hybridized carbons (Fsp3) is 0.438. The topological polar surface area (TPSA) is 65.1 Å². The summed E-state index contributed by atoms with van der Waals surface area (Å²) in [6.07, 6.45) is 6.55. The van der Waals surface area contributed by atoms with Crippen LogP contribution in [-0.4, -0.2) is 22.6 Å². The highest BCUT2D eigenvalue weighted by atomic mass is 16.4. The van der Waals surface area contributed by atoms with Gasteiger partial charge in [0.25, 0.3) is 0 Å². The monoisotopic (exact) mass is 272 g/mol. The van der Waals surface area contributed by atoms with E-state index in [0.29, 0.717) is 6.54 Å². The van der Waals surface area contributed by atoms with Crippen molar-refractivity contribution >= 4 is 16.9 Å². The van der Waals surface area contributed by atoms with E-state index in [2.05, 4.69) is 22.4 Å². The van der Waals surface area contributed by atoms with E-state index in [1.807, 2.05) is 13.1 Å². The van der Waals surface area contributed by atoms with Crippen LogP contribution in [0.2, 0.25) is 0 Å². The van der Waals surface area contributed by atoms with Crippen molar-refractivity contribution in [2.24, 2.45) is 0 Å². The molecule has 3 rings (SSSR count). The lowest BCUT2D eigenvalue weighted by Crippen LogP contribution is -2.28. The number of aromatic nitrogens is 1. The van der Waals surface area contributed by atoms with Gasteiger partial charge in [0.1, 0.15) is 6.04 Å². The first-order chi connectivity index (χ1) is 9.70. The fourth-order valence-corrected chi connectivity index (χ4v) is 3.15. The molecule has 1 heterocycles. The summed E-state index contributed by atoms with van der Waals surface area (Å²) in [6.45, 7) is 2.56. The summed E-state index contributed by atoms with van der Waals surface area (Å²) < 4.78 is 0. The normalized spacial score (nSPS) is 16.1. The first-order valence-electron chi connectivity index (χ1n) is 7.29. The van der Waals surface area contributed by atoms with Gasteiger partial charge in [0.05, 0.1) is 0 Å². The van der Waals surface area contributed by atoms with Crippen molar-refractivity contribution < 1.29 is 9.90 Å². The quantitative estimate of drug-likeness (QED) is 0.802. The Labute approximate surface area is 118 Å². The second-order valence-corrected chi connectivity index (χ2v) is 5.45. The number of H-pyrrole nitrogens is 1. The molecule has 3 N–H and O–H groups in total. The molecule has 0 spiro atoms. The van der Waals surface area contributed by atoms with Crippen molar-refractivity contribution in [2.45, 2.75) is 38.6 Å². The number of rotatable bonds is 4. The van der Waals surface area contributed by atoms with E-state index in [-0.39, 0.29) is 0 Å². The Bertz CT molecular complexity index is 645. The number of carbonyl (C=O) groups is 1. The Hall–Kier alpha value is -1.81. The molecule has 4 nitrogen and oxygen atoms in total. The number of carboxylic acids is 1. The number of aliphatic carboxylic acids is 1. The minimum Gasteiger partial charge on any atom is -0.480 e. The molecule has 0 radical (unpaired) electrons. The molecule has 0 saturated heterocycles. The number of hydrogen-bond donors (Lipinski definition) is 3. The molecule has 0 bridgehead atoms. The van der Waals surface area contributed by atoms with Crippen molar-refractivity contribution in [3.8, 4) is 0 Å². The molecule has 20 heavy (non-hydrogen) atoms. The van der Waals surface area contributed by atoms with Crippen LogP contribution in [0.1, 0.15) is 42.5 Å². The number of likely N-dealkylation sites (N-methyl/N-ethyl adjacent to an activating group) is 1. The third-order valence-corrected chi connectivity index (χ3v) is 4.14. The van der Waals surface area contributed by atoms with Gasteiger partial charge in [0.15, 0.2) is 0 Å². The lowest BCUT2D eigenvalue weighted by molar-refractivity contribution is -0.139. The van der Waals surface area contributed by atoms with Crippen LogP contribution in [0.5, 0.6) is 0 Å². The number of aryl methyl sites for hydroxylation is 2. The van der Waals surface area contributed by atoms with Gasteiger partial charge in [0.2, 0.25) is 0 Å². The van der Waals surface area contributed by atoms with E-state index in [9.17, 15) is 9.90 Å². The van der Waals surface area contributed by atoms with Crippen LogP contribution in [0.25, 0.3) is 10.9 Å². The number of hydrogen-bond acceptors (Lipinski definition) is 2. The maximum Gasteiger partial charge on any atom is 0.325 e. The fourth-order valence-electron chi connectivity index (χ4n) is 3.15. The lowest BCUT2D eigenvalue weighted by atomic mass is 9.90. The summed E-state index contributed by atoms with van der Waals surface area (Å²) in [5, 5.41) is 13.5. The van der Waals surface area contributed by atoms with Gasteiger partial charge in [-0.1, -0.05) is 6.92 Å². The summed E-state index contributed by atoms with van der Waals surface area (Å²) in [6, 6.07) is 3.73. The first kappa shape index (κ1) is 13.2. The number of carboxylic acid groups (broad SMARTS) is 1. The molecule has 1 aromatic heterocycles. The van der Waals surface area contributed by atoms with Gasteiger partial charge in [-0.05, 0) is 55.5 Å². The average molecular weight is 272 g/mol. The van der Waals surface area contributed by atoms with Crippen molar-refractivity contribution in [3.05, 3.63) is 35.0 Å². The third-order valence-electron chi connectivity index (χ3n) is 4.14. The zero-order chi connectivity index (χ0) is 14.1. The summed E-state index contributed by atoms with van der Waals surface area (Å²) in [4.78, 5) is 14.7. The zero-order valence-electron chi connectivity index (χ0n) is 11.7. The molecule has 4 heteroatoms. The molecular weight excluding hydrogens is 252 g/mol. The Kier molecular flexibility index (Phi) is 3.49. The van der Waals surface area contributed by atoms with Crippen LogP contribution in [0.4, 0.5) is 0 Å². The van der Waals surface area contributed by atoms with Gasteiger partial charge >= 0.3 is 5.97 Å². The van der Waals surface area contributed by atoms with Gasteiger partial charge < -0.3 is 15.4 Å². The molecule has 2 aromatic rings. The Morgan fingerprint density at radius 3 is 2.70 bits per heavy atom. The van der Waals surface area contributed by atoms with Crippen molar-refractivity contribution in [3.63, 3.8) is 0 Å². The zero-order valence-corrected chi connectivity index (χ0v) is 11.7.